The van der Waals surface area contributed by atoms with Crippen molar-refractivity contribution in [1.29, 1.82) is 0 Å². The van der Waals surface area contributed by atoms with Crippen LogP contribution in [0.2, 0.25) is 0 Å². The molecule has 1 saturated carbocycles. The molecule has 7 nitrogen and oxygen atoms in total. The van der Waals surface area contributed by atoms with Gasteiger partial charge in [0.1, 0.15) is 6.04 Å². The maximum absolute atomic E-state index is 12.8. The lowest BCUT2D eigenvalue weighted by Crippen LogP contribution is -2.56. The molecule has 2 rings (SSSR count). The number of hydrogen-bond acceptors (Lipinski definition) is 4. The topological polar surface area (TPSA) is 81.8 Å². The Hall–Kier alpha value is -0.700. The van der Waals surface area contributed by atoms with E-state index >= 15 is 0 Å². The Balaban J connectivity index is 1.99. The van der Waals surface area contributed by atoms with Crippen molar-refractivity contribution in [3.8, 4) is 0 Å². The van der Waals surface area contributed by atoms with Crippen molar-refractivity contribution in [2.45, 2.75) is 58.0 Å². The number of rotatable bonds is 7. The summed E-state index contributed by atoms with van der Waals surface area (Å²) in [5.41, 5.74) is 0. The molecule has 1 amide bonds. The van der Waals surface area contributed by atoms with Crippen molar-refractivity contribution in [3.63, 3.8) is 0 Å². The molecule has 8 heteroatoms. The molecule has 0 radical (unpaired) electrons. The van der Waals surface area contributed by atoms with Gasteiger partial charge in [-0.15, -0.1) is 0 Å². The van der Waals surface area contributed by atoms with Crippen molar-refractivity contribution in [1.82, 2.24) is 19.2 Å². The van der Waals surface area contributed by atoms with E-state index in [0.29, 0.717) is 19.5 Å². The van der Waals surface area contributed by atoms with Gasteiger partial charge in [0.2, 0.25) is 5.91 Å². The number of piperazine rings is 1. The largest absolute Gasteiger partial charge is 0.339 e. The highest BCUT2D eigenvalue weighted by Crippen LogP contribution is 2.18. The normalized spacial score (nSPS) is 22.2. The van der Waals surface area contributed by atoms with Gasteiger partial charge in [0.25, 0.3) is 10.2 Å². The van der Waals surface area contributed by atoms with Crippen molar-refractivity contribution in [3.05, 3.63) is 0 Å². The maximum Gasteiger partial charge on any atom is 0.277 e. The van der Waals surface area contributed by atoms with Crippen molar-refractivity contribution in [2.75, 3.05) is 33.2 Å². The van der Waals surface area contributed by atoms with Gasteiger partial charge in [-0.05, 0) is 32.2 Å². The second-order valence-corrected chi connectivity index (χ2v) is 9.01. The van der Waals surface area contributed by atoms with Crippen LogP contribution in [-0.2, 0) is 15.0 Å². The van der Waals surface area contributed by atoms with Crippen LogP contribution >= 0.6 is 0 Å². The van der Waals surface area contributed by atoms with E-state index in [9.17, 15) is 13.2 Å². The highest BCUT2D eigenvalue weighted by Gasteiger charge is 2.31. The average molecular weight is 361 g/mol. The lowest BCUT2D eigenvalue weighted by molar-refractivity contribution is -0.135. The molecule has 1 saturated heterocycles. The van der Waals surface area contributed by atoms with Crippen LogP contribution in [0.1, 0.15) is 46.0 Å². The molecular formula is C16H32N4O3S. The van der Waals surface area contributed by atoms with Gasteiger partial charge in [-0.1, -0.05) is 26.7 Å². The lowest BCUT2D eigenvalue weighted by Gasteiger charge is -2.35. The van der Waals surface area contributed by atoms with E-state index in [1.54, 1.807) is 4.90 Å². The summed E-state index contributed by atoms with van der Waals surface area (Å²) < 4.78 is 30.2. The fourth-order valence-electron chi connectivity index (χ4n) is 3.40. The molecule has 2 aliphatic rings. The van der Waals surface area contributed by atoms with Gasteiger partial charge in [0.15, 0.2) is 0 Å². The molecule has 0 bridgehead atoms. The first-order chi connectivity index (χ1) is 11.3. The summed E-state index contributed by atoms with van der Waals surface area (Å²) in [6.45, 7) is 6.97. The van der Waals surface area contributed by atoms with Crippen molar-refractivity contribution < 1.29 is 13.2 Å². The van der Waals surface area contributed by atoms with Crippen LogP contribution in [0.25, 0.3) is 0 Å². The predicted molar refractivity (Wildman–Crippen MR) is 94.8 cm³/mol. The fraction of sp³-hybridized carbons (Fsp3) is 0.938. The molecule has 24 heavy (non-hydrogen) atoms. The van der Waals surface area contributed by atoms with Gasteiger partial charge < -0.3 is 9.80 Å². The summed E-state index contributed by atoms with van der Waals surface area (Å²) in [7, 11) is -1.63. The summed E-state index contributed by atoms with van der Waals surface area (Å²) in [6, 6.07) is -0.687. The molecular weight excluding hydrogens is 328 g/mol. The standard InChI is InChI=1S/C16H32N4O3S/c1-13(2)12-15(16(21)20-10-8-19(3)9-11-20)18-24(22,23)17-14-6-4-5-7-14/h13-15,17-18H,4-12H2,1-3H3. The molecule has 140 valence electrons. The van der Waals surface area contributed by atoms with Crippen LogP contribution in [-0.4, -0.2) is 69.4 Å². The Morgan fingerprint density at radius 1 is 1.12 bits per heavy atom. The Labute approximate surface area is 146 Å². The average Bonchev–Trinajstić information content (AvgIpc) is 2.98. The van der Waals surface area contributed by atoms with Crippen LogP contribution in [0.5, 0.6) is 0 Å². The van der Waals surface area contributed by atoms with Gasteiger partial charge in [-0.2, -0.15) is 17.9 Å². The number of nitrogens with one attached hydrogen (secondary N) is 2. The summed E-state index contributed by atoms with van der Waals surface area (Å²) in [6.07, 6.45) is 4.38. The van der Waals surface area contributed by atoms with Crippen LogP contribution in [0, 0.1) is 5.92 Å². The van der Waals surface area contributed by atoms with Crippen LogP contribution in [0.4, 0.5) is 0 Å². The molecule has 0 aromatic rings. The summed E-state index contributed by atoms with van der Waals surface area (Å²) in [5.74, 6) is 0.134. The first-order valence-electron chi connectivity index (χ1n) is 9.04. The van der Waals surface area contributed by atoms with Gasteiger partial charge in [0.05, 0.1) is 0 Å². The second-order valence-electron chi connectivity index (χ2n) is 7.53. The van der Waals surface area contributed by atoms with E-state index in [-0.39, 0.29) is 17.9 Å². The Kier molecular flexibility index (Phi) is 7.03. The Bertz CT molecular complexity index is 509. The van der Waals surface area contributed by atoms with Gasteiger partial charge >= 0.3 is 0 Å². The molecule has 0 spiro atoms. The minimum atomic E-state index is -3.66. The third kappa shape index (κ3) is 5.98. The number of carbonyl (C=O) groups excluding carboxylic acids is 1. The molecule has 2 fully saturated rings. The number of hydrogen-bond donors (Lipinski definition) is 2. The molecule has 1 aliphatic heterocycles. The predicted octanol–water partition coefficient (Wildman–Crippen LogP) is 0.542. The lowest BCUT2D eigenvalue weighted by atomic mass is 10.0. The van der Waals surface area contributed by atoms with Gasteiger partial charge in [-0.3, -0.25) is 4.79 Å². The number of nitrogens with zero attached hydrogens (tertiary/aromatic N) is 2. The quantitative estimate of drug-likeness (QED) is 0.694. The molecule has 1 unspecified atom stereocenters. The first kappa shape index (κ1) is 19.6. The third-order valence-electron chi connectivity index (χ3n) is 4.79. The number of amides is 1. The summed E-state index contributed by atoms with van der Waals surface area (Å²) >= 11 is 0. The number of likely N-dealkylation sites (N-methyl/N-ethyl adjacent to an activating group) is 1. The van der Waals surface area contributed by atoms with E-state index in [2.05, 4.69) is 14.3 Å². The molecule has 0 aromatic carbocycles. The summed E-state index contributed by atoms with van der Waals surface area (Å²) in [4.78, 5) is 16.8. The maximum atomic E-state index is 12.8. The second kappa shape index (κ2) is 8.60. The van der Waals surface area contributed by atoms with E-state index in [4.69, 9.17) is 0 Å². The van der Waals surface area contributed by atoms with Crippen molar-refractivity contribution in [2.24, 2.45) is 5.92 Å². The first-order valence-corrected chi connectivity index (χ1v) is 10.5. The number of carbonyl (C=O) groups is 1. The monoisotopic (exact) mass is 360 g/mol. The molecule has 1 atom stereocenters. The molecule has 0 aromatic heterocycles. The van der Waals surface area contributed by atoms with E-state index in [1.165, 1.54) is 0 Å². The zero-order valence-corrected chi connectivity index (χ0v) is 15.9. The van der Waals surface area contributed by atoms with E-state index in [0.717, 1.165) is 38.8 Å². The third-order valence-corrected chi connectivity index (χ3v) is 6.03. The minimum absolute atomic E-state index is 0.000869. The summed E-state index contributed by atoms with van der Waals surface area (Å²) in [5, 5.41) is 0. The molecule has 2 N–H and O–H groups in total. The molecule has 1 aliphatic carbocycles. The highest BCUT2D eigenvalue weighted by atomic mass is 32.2. The van der Waals surface area contributed by atoms with Crippen molar-refractivity contribution >= 4 is 16.1 Å². The Morgan fingerprint density at radius 3 is 2.25 bits per heavy atom. The Morgan fingerprint density at radius 2 is 1.71 bits per heavy atom. The van der Waals surface area contributed by atoms with Gasteiger partial charge in [0, 0.05) is 32.2 Å². The molecule has 1 heterocycles. The van der Waals surface area contributed by atoms with Crippen LogP contribution in [0.3, 0.4) is 0 Å². The van der Waals surface area contributed by atoms with Crippen LogP contribution < -0.4 is 9.44 Å². The van der Waals surface area contributed by atoms with Crippen LogP contribution in [0.15, 0.2) is 0 Å². The van der Waals surface area contributed by atoms with E-state index < -0.39 is 16.3 Å². The van der Waals surface area contributed by atoms with Gasteiger partial charge in [-0.25, -0.2) is 0 Å². The fourth-order valence-corrected chi connectivity index (χ4v) is 4.72. The highest BCUT2D eigenvalue weighted by molar-refractivity contribution is 7.87. The van der Waals surface area contributed by atoms with E-state index in [1.807, 2.05) is 20.9 Å². The smallest absolute Gasteiger partial charge is 0.277 e. The zero-order valence-electron chi connectivity index (χ0n) is 15.1. The minimum Gasteiger partial charge on any atom is -0.339 e. The zero-order chi connectivity index (χ0) is 17.7. The SMILES string of the molecule is CC(C)CC(NS(=O)(=O)NC1CCCC1)C(=O)N1CCN(C)CC1.